The smallest absolute Gasteiger partial charge is 0.236 e. The summed E-state index contributed by atoms with van der Waals surface area (Å²) in [5.41, 5.74) is 0. The molecule has 0 aromatic rings. The van der Waals surface area contributed by atoms with Crippen LogP contribution in [0, 0.1) is 5.92 Å². The lowest BCUT2D eigenvalue weighted by atomic mass is 10.0. The van der Waals surface area contributed by atoms with Crippen LogP contribution < -0.4 is 5.32 Å². The lowest BCUT2D eigenvalue weighted by Crippen LogP contribution is -2.52. The van der Waals surface area contributed by atoms with Crippen molar-refractivity contribution in [1.29, 1.82) is 0 Å². The van der Waals surface area contributed by atoms with Gasteiger partial charge in [-0.15, -0.1) is 24.8 Å². The molecule has 3 aliphatic heterocycles. The minimum absolute atomic E-state index is 0. The zero-order valence-electron chi connectivity index (χ0n) is 15.7. The second kappa shape index (κ2) is 12.0. The van der Waals surface area contributed by atoms with E-state index >= 15 is 0 Å². The van der Waals surface area contributed by atoms with Gasteiger partial charge in [-0.1, -0.05) is 0 Å². The molecule has 3 aliphatic rings. The first kappa shape index (κ1) is 23.5. The maximum absolute atomic E-state index is 12.3. The number of rotatable bonds is 5. The van der Waals surface area contributed by atoms with Gasteiger partial charge in [0.05, 0.1) is 6.54 Å². The van der Waals surface area contributed by atoms with Crippen LogP contribution in [-0.2, 0) is 9.59 Å². The van der Waals surface area contributed by atoms with Crippen molar-refractivity contribution in [3.05, 3.63) is 0 Å². The first-order chi connectivity index (χ1) is 11.7. The molecule has 1 atom stereocenters. The third-order valence-corrected chi connectivity index (χ3v) is 5.72. The average molecular weight is 409 g/mol. The van der Waals surface area contributed by atoms with E-state index in [1.165, 1.54) is 12.8 Å². The average Bonchev–Trinajstić information content (AvgIpc) is 3.14. The van der Waals surface area contributed by atoms with Gasteiger partial charge in [-0.2, -0.15) is 0 Å². The lowest BCUT2D eigenvalue weighted by molar-refractivity contribution is -0.135. The van der Waals surface area contributed by atoms with E-state index in [4.69, 9.17) is 0 Å². The zero-order chi connectivity index (χ0) is 16.8. The predicted molar refractivity (Wildman–Crippen MR) is 108 cm³/mol. The Morgan fingerprint density at radius 3 is 2.12 bits per heavy atom. The van der Waals surface area contributed by atoms with Crippen molar-refractivity contribution in [3.8, 4) is 0 Å². The third-order valence-electron chi connectivity index (χ3n) is 5.72. The molecule has 0 spiro atoms. The van der Waals surface area contributed by atoms with Crippen molar-refractivity contribution >= 4 is 36.6 Å². The highest BCUT2D eigenvalue weighted by molar-refractivity contribution is 5.85. The largest absolute Gasteiger partial charge is 0.342 e. The zero-order valence-corrected chi connectivity index (χ0v) is 17.3. The monoisotopic (exact) mass is 408 g/mol. The Hall–Kier alpha value is -0.560. The summed E-state index contributed by atoms with van der Waals surface area (Å²) in [6.07, 6.45) is 6.44. The Balaban J connectivity index is 0.00000169. The van der Waals surface area contributed by atoms with Crippen molar-refractivity contribution in [3.63, 3.8) is 0 Å². The first-order valence-corrected chi connectivity index (χ1v) is 9.71. The quantitative estimate of drug-likeness (QED) is 0.746. The molecular weight excluding hydrogens is 375 g/mol. The van der Waals surface area contributed by atoms with Crippen LogP contribution in [0.4, 0.5) is 0 Å². The van der Waals surface area contributed by atoms with Gasteiger partial charge < -0.3 is 15.1 Å². The molecule has 0 radical (unpaired) electrons. The Morgan fingerprint density at radius 2 is 1.50 bits per heavy atom. The van der Waals surface area contributed by atoms with E-state index in [0.717, 1.165) is 71.6 Å². The minimum atomic E-state index is 0. The number of carbonyl (C=O) groups is 2. The van der Waals surface area contributed by atoms with Crippen LogP contribution in [0.5, 0.6) is 0 Å². The lowest BCUT2D eigenvalue weighted by Gasteiger charge is -2.36. The molecule has 0 bridgehead atoms. The van der Waals surface area contributed by atoms with Crippen LogP contribution in [0.2, 0.25) is 0 Å². The Kier molecular flexibility index (Phi) is 10.8. The molecule has 152 valence electrons. The van der Waals surface area contributed by atoms with Crippen molar-refractivity contribution in [2.24, 2.45) is 5.92 Å². The van der Waals surface area contributed by atoms with Crippen LogP contribution in [0.1, 0.15) is 38.5 Å². The van der Waals surface area contributed by atoms with Crippen molar-refractivity contribution in [2.45, 2.75) is 38.5 Å². The van der Waals surface area contributed by atoms with Gasteiger partial charge >= 0.3 is 0 Å². The SMILES string of the molecule is Cl.Cl.O=C(CCC1CCNC1)N1CCN(CC(=O)N2CCCCC2)CC1. The van der Waals surface area contributed by atoms with Gasteiger partial charge in [-0.25, -0.2) is 0 Å². The normalized spacial score (nSPS) is 23.9. The fourth-order valence-corrected chi connectivity index (χ4v) is 4.04. The molecule has 0 aliphatic carbocycles. The van der Waals surface area contributed by atoms with E-state index < -0.39 is 0 Å². The molecule has 3 heterocycles. The number of nitrogens with one attached hydrogen (secondary N) is 1. The maximum Gasteiger partial charge on any atom is 0.236 e. The molecule has 26 heavy (non-hydrogen) atoms. The van der Waals surface area contributed by atoms with Crippen LogP contribution in [0.15, 0.2) is 0 Å². The van der Waals surface area contributed by atoms with Gasteiger partial charge in [0, 0.05) is 45.7 Å². The number of piperidine rings is 1. The van der Waals surface area contributed by atoms with Gasteiger partial charge in [0.15, 0.2) is 0 Å². The van der Waals surface area contributed by atoms with Gasteiger partial charge in [-0.05, 0) is 51.1 Å². The van der Waals surface area contributed by atoms with Crippen molar-refractivity contribution in [2.75, 3.05) is 58.9 Å². The topological polar surface area (TPSA) is 55.9 Å². The van der Waals surface area contributed by atoms with E-state index in [1.807, 2.05) is 9.80 Å². The van der Waals surface area contributed by atoms with Crippen LogP contribution in [0.25, 0.3) is 0 Å². The number of amides is 2. The number of hydrogen-bond donors (Lipinski definition) is 1. The molecule has 8 heteroatoms. The van der Waals surface area contributed by atoms with E-state index in [9.17, 15) is 9.59 Å². The van der Waals surface area contributed by atoms with Crippen LogP contribution >= 0.6 is 24.8 Å². The summed E-state index contributed by atoms with van der Waals surface area (Å²) in [5.74, 6) is 1.24. The molecule has 0 aromatic carbocycles. The summed E-state index contributed by atoms with van der Waals surface area (Å²) in [6, 6.07) is 0. The van der Waals surface area contributed by atoms with Gasteiger partial charge in [-0.3, -0.25) is 14.5 Å². The molecule has 1 unspecified atom stereocenters. The second-order valence-corrected chi connectivity index (χ2v) is 7.50. The summed E-state index contributed by atoms with van der Waals surface area (Å²) < 4.78 is 0. The maximum atomic E-state index is 12.3. The van der Waals surface area contributed by atoms with E-state index in [0.29, 0.717) is 24.8 Å². The van der Waals surface area contributed by atoms with E-state index in [-0.39, 0.29) is 30.7 Å². The highest BCUT2D eigenvalue weighted by Gasteiger charge is 2.25. The molecular formula is C18H34Cl2N4O2. The Bertz CT molecular complexity index is 433. The van der Waals surface area contributed by atoms with Gasteiger partial charge in [0.1, 0.15) is 0 Å². The van der Waals surface area contributed by atoms with Crippen LogP contribution in [-0.4, -0.2) is 85.4 Å². The fraction of sp³-hybridized carbons (Fsp3) is 0.889. The van der Waals surface area contributed by atoms with Crippen molar-refractivity contribution < 1.29 is 9.59 Å². The number of likely N-dealkylation sites (tertiary alicyclic amines) is 1. The fourth-order valence-electron chi connectivity index (χ4n) is 4.04. The molecule has 2 amide bonds. The molecule has 3 fully saturated rings. The molecule has 3 rings (SSSR count). The molecule has 6 nitrogen and oxygen atoms in total. The Morgan fingerprint density at radius 1 is 0.846 bits per heavy atom. The molecule has 0 aromatic heterocycles. The number of piperazine rings is 1. The third kappa shape index (κ3) is 6.87. The summed E-state index contributed by atoms with van der Waals surface area (Å²) >= 11 is 0. The van der Waals surface area contributed by atoms with Gasteiger partial charge in [0.2, 0.25) is 11.8 Å². The molecule has 3 saturated heterocycles. The van der Waals surface area contributed by atoms with E-state index in [2.05, 4.69) is 10.2 Å². The predicted octanol–water partition coefficient (Wildman–Crippen LogP) is 1.38. The standard InChI is InChI=1S/C18H32N4O2.2ClH/c23-17(5-4-16-6-7-19-14-16)22-12-10-20(11-13-22)15-18(24)21-8-2-1-3-9-21;;/h16,19H,1-15H2;2*1H. The highest BCUT2D eigenvalue weighted by Crippen LogP contribution is 2.16. The van der Waals surface area contributed by atoms with E-state index in [1.54, 1.807) is 0 Å². The summed E-state index contributed by atoms with van der Waals surface area (Å²) in [4.78, 5) is 30.9. The summed E-state index contributed by atoms with van der Waals surface area (Å²) in [5, 5.41) is 3.36. The Labute approximate surface area is 169 Å². The number of halogens is 2. The first-order valence-electron chi connectivity index (χ1n) is 9.71. The minimum Gasteiger partial charge on any atom is -0.342 e. The van der Waals surface area contributed by atoms with Gasteiger partial charge in [0.25, 0.3) is 0 Å². The summed E-state index contributed by atoms with van der Waals surface area (Å²) in [6.45, 7) is 7.75. The van der Waals surface area contributed by atoms with Crippen molar-refractivity contribution in [1.82, 2.24) is 20.0 Å². The number of nitrogens with zero attached hydrogens (tertiary/aromatic N) is 3. The summed E-state index contributed by atoms with van der Waals surface area (Å²) in [7, 11) is 0. The highest BCUT2D eigenvalue weighted by atomic mass is 35.5. The molecule has 0 saturated carbocycles. The molecule has 1 N–H and O–H groups in total. The number of hydrogen-bond acceptors (Lipinski definition) is 4. The van der Waals surface area contributed by atoms with Crippen LogP contribution in [0.3, 0.4) is 0 Å². The number of carbonyl (C=O) groups excluding carboxylic acids is 2. The second-order valence-electron chi connectivity index (χ2n) is 7.50.